The molecule has 2 aromatic carbocycles. The van der Waals surface area contributed by atoms with Gasteiger partial charge in [0.1, 0.15) is 6.33 Å². The second-order valence-electron chi connectivity index (χ2n) is 6.55. The van der Waals surface area contributed by atoms with E-state index in [1.807, 2.05) is 41.7 Å². The minimum atomic E-state index is 0.657. The lowest BCUT2D eigenvalue weighted by Gasteiger charge is -2.07. The van der Waals surface area contributed by atoms with E-state index in [0.29, 0.717) is 5.02 Å². The van der Waals surface area contributed by atoms with Gasteiger partial charge < -0.3 is 0 Å². The normalized spacial score (nSPS) is 11.5. The maximum Gasteiger partial charge on any atom is 0.175 e. The Balaban J connectivity index is 1.72. The number of halogens is 1. The van der Waals surface area contributed by atoms with Crippen LogP contribution in [0.3, 0.4) is 0 Å². The van der Waals surface area contributed by atoms with E-state index in [-0.39, 0.29) is 0 Å². The molecule has 0 radical (unpaired) electrons. The number of hydrogen-bond acceptors (Lipinski definition) is 4. The second-order valence-corrected chi connectivity index (χ2v) is 6.99. The zero-order valence-electron chi connectivity index (χ0n) is 14.8. The molecule has 27 heavy (non-hydrogen) atoms. The standard InChI is InChI=1S/C20H15ClN6/c1-12-3-6-14(7-4-12)18-24-25-20-16-10-23-27(19(16)22-11-26(18)20)17-9-15(21)8-5-13(17)2/h3-11H,1-2H3. The van der Waals surface area contributed by atoms with Crippen molar-refractivity contribution in [3.63, 3.8) is 0 Å². The zero-order valence-corrected chi connectivity index (χ0v) is 15.5. The van der Waals surface area contributed by atoms with Gasteiger partial charge in [-0.3, -0.25) is 4.40 Å². The minimum Gasteiger partial charge on any atom is -0.265 e. The summed E-state index contributed by atoms with van der Waals surface area (Å²) in [6.07, 6.45) is 3.51. The lowest BCUT2D eigenvalue weighted by molar-refractivity contribution is 0.886. The van der Waals surface area contributed by atoms with Crippen LogP contribution >= 0.6 is 11.6 Å². The summed E-state index contributed by atoms with van der Waals surface area (Å²) in [6, 6.07) is 13.9. The van der Waals surface area contributed by atoms with Crippen LogP contribution in [-0.2, 0) is 0 Å². The van der Waals surface area contributed by atoms with Crippen molar-refractivity contribution in [2.75, 3.05) is 0 Å². The molecule has 0 aliphatic rings. The lowest BCUT2D eigenvalue weighted by atomic mass is 10.1. The van der Waals surface area contributed by atoms with E-state index in [1.165, 1.54) is 5.56 Å². The summed E-state index contributed by atoms with van der Waals surface area (Å²) in [5.41, 5.74) is 5.59. The molecule has 6 nitrogen and oxygen atoms in total. The first-order chi connectivity index (χ1) is 13.1. The van der Waals surface area contributed by atoms with E-state index in [4.69, 9.17) is 11.6 Å². The van der Waals surface area contributed by atoms with Gasteiger partial charge in [0, 0.05) is 10.6 Å². The van der Waals surface area contributed by atoms with Crippen molar-refractivity contribution >= 4 is 28.3 Å². The van der Waals surface area contributed by atoms with Gasteiger partial charge in [-0.1, -0.05) is 47.5 Å². The Morgan fingerprint density at radius 1 is 0.926 bits per heavy atom. The zero-order chi connectivity index (χ0) is 18.5. The molecule has 0 amide bonds. The molecule has 0 fully saturated rings. The molecule has 0 aliphatic carbocycles. The van der Waals surface area contributed by atoms with Crippen LogP contribution in [0, 0.1) is 13.8 Å². The smallest absolute Gasteiger partial charge is 0.175 e. The van der Waals surface area contributed by atoms with Crippen molar-refractivity contribution in [3.8, 4) is 17.1 Å². The van der Waals surface area contributed by atoms with Gasteiger partial charge in [-0.05, 0) is 31.5 Å². The highest BCUT2D eigenvalue weighted by Gasteiger charge is 2.16. The van der Waals surface area contributed by atoms with E-state index in [9.17, 15) is 0 Å². The van der Waals surface area contributed by atoms with Gasteiger partial charge in [0.05, 0.1) is 17.3 Å². The monoisotopic (exact) mass is 374 g/mol. The molecule has 132 valence electrons. The molecule has 0 saturated carbocycles. The molecule has 5 rings (SSSR count). The molecule has 3 heterocycles. The Labute approximate surface area is 160 Å². The molecule has 3 aromatic heterocycles. The number of benzene rings is 2. The summed E-state index contributed by atoms with van der Waals surface area (Å²) < 4.78 is 3.68. The number of nitrogens with zero attached hydrogens (tertiary/aromatic N) is 6. The van der Waals surface area contributed by atoms with Gasteiger partial charge in [-0.25, -0.2) is 9.67 Å². The van der Waals surface area contributed by atoms with Crippen LogP contribution in [0.5, 0.6) is 0 Å². The average Bonchev–Trinajstić information content (AvgIpc) is 3.28. The van der Waals surface area contributed by atoms with Crippen molar-refractivity contribution < 1.29 is 0 Å². The summed E-state index contributed by atoms with van der Waals surface area (Å²) in [6.45, 7) is 4.08. The van der Waals surface area contributed by atoms with Gasteiger partial charge >= 0.3 is 0 Å². The van der Waals surface area contributed by atoms with Crippen LogP contribution < -0.4 is 0 Å². The molecule has 7 heteroatoms. The third-order valence-corrected chi connectivity index (χ3v) is 4.92. The lowest BCUT2D eigenvalue weighted by Crippen LogP contribution is -2.01. The summed E-state index contributed by atoms with van der Waals surface area (Å²) in [5, 5.41) is 14.8. The topological polar surface area (TPSA) is 60.9 Å². The number of rotatable bonds is 2. The fourth-order valence-electron chi connectivity index (χ4n) is 3.21. The maximum absolute atomic E-state index is 6.17. The number of fused-ring (bicyclic) bond motifs is 3. The van der Waals surface area contributed by atoms with Gasteiger partial charge in [0.2, 0.25) is 0 Å². The fraction of sp³-hybridized carbons (Fsp3) is 0.100. The van der Waals surface area contributed by atoms with Crippen LogP contribution in [-0.4, -0.2) is 29.4 Å². The summed E-state index contributed by atoms with van der Waals surface area (Å²) in [7, 11) is 0. The predicted octanol–water partition coefficient (Wildman–Crippen LogP) is 4.40. The average molecular weight is 375 g/mol. The first-order valence-electron chi connectivity index (χ1n) is 8.53. The maximum atomic E-state index is 6.17. The highest BCUT2D eigenvalue weighted by Crippen LogP contribution is 2.26. The van der Waals surface area contributed by atoms with Crippen LogP contribution in [0.15, 0.2) is 55.0 Å². The van der Waals surface area contributed by atoms with Crippen LogP contribution in [0.25, 0.3) is 33.8 Å². The van der Waals surface area contributed by atoms with Gasteiger partial charge in [0.15, 0.2) is 17.1 Å². The molecular weight excluding hydrogens is 360 g/mol. The summed E-state index contributed by atoms with van der Waals surface area (Å²) in [4.78, 5) is 4.63. The first-order valence-corrected chi connectivity index (χ1v) is 8.90. The Morgan fingerprint density at radius 2 is 1.74 bits per heavy atom. The molecule has 0 atom stereocenters. The fourth-order valence-corrected chi connectivity index (χ4v) is 3.37. The Morgan fingerprint density at radius 3 is 2.56 bits per heavy atom. The molecule has 0 unspecified atom stereocenters. The van der Waals surface area contributed by atoms with E-state index in [1.54, 1.807) is 17.2 Å². The van der Waals surface area contributed by atoms with Crippen LogP contribution in [0.1, 0.15) is 11.1 Å². The van der Waals surface area contributed by atoms with Crippen molar-refractivity contribution in [1.82, 2.24) is 29.4 Å². The molecule has 0 spiro atoms. The van der Waals surface area contributed by atoms with Crippen molar-refractivity contribution in [2.24, 2.45) is 0 Å². The van der Waals surface area contributed by atoms with E-state index in [2.05, 4.69) is 39.3 Å². The third kappa shape index (κ3) is 2.49. The largest absolute Gasteiger partial charge is 0.265 e. The molecule has 0 aliphatic heterocycles. The minimum absolute atomic E-state index is 0.657. The van der Waals surface area contributed by atoms with Crippen LogP contribution in [0.2, 0.25) is 5.02 Å². The quantitative estimate of drug-likeness (QED) is 0.459. The summed E-state index contributed by atoms with van der Waals surface area (Å²) >= 11 is 6.17. The van der Waals surface area contributed by atoms with Crippen molar-refractivity contribution in [3.05, 3.63) is 71.1 Å². The van der Waals surface area contributed by atoms with E-state index < -0.39 is 0 Å². The van der Waals surface area contributed by atoms with Crippen LogP contribution in [0.4, 0.5) is 0 Å². The molecular formula is C20H15ClN6. The van der Waals surface area contributed by atoms with Gasteiger partial charge in [-0.2, -0.15) is 5.10 Å². The third-order valence-electron chi connectivity index (χ3n) is 4.69. The second kappa shape index (κ2) is 5.89. The highest BCUT2D eigenvalue weighted by molar-refractivity contribution is 6.30. The Bertz CT molecular complexity index is 1300. The first kappa shape index (κ1) is 16.0. The molecule has 5 aromatic rings. The van der Waals surface area contributed by atoms with Gasteiger partial charge in [0.25, 0.3) is 0 Å². The molecule has 0 bridgehead atoms. The molecule has 0 saturated heterocycles. The molecule has 0 N–H and O–H groups in total. The van der Waals surface area contributed by atoms with E-state index in [0.717, 1.165) is 39.3 Å². The Kier molecular flexibility index (Phi) is 3.48. The highest BCUT2D eigenvalue weighted by atomic mass is 35.5. The predicted molar refractivity (Wildman–Crippen MR) is 105 cm³/mol. The SMILES string of the molecule is Cc1ccc(-c2nnc3c4cnn(-c5cc(Cl)ccc5C)c4ncn23)cc1. The number of aromatic nitrogens is 6. The van der Waals surface area contributed by atoms with E-state index >= 15 is 0 Å². The number of aryl methyl sites for hydroxylation is 2. The summed E-state index contributed by atoms with van der Waals surface area (Å²) in [5.74, 6) is 0.756. The van der Waals surface area contributed by atoms with Crippen molar-refractivity contribution in [1.29, 1.82) is 0 Å². The van der Waals surface area contributed by atoms with Crippen molar-refractivity contribution in [2.45, 2.75) is 13.8 Å². The van der Waals surface area contributed by atoms with Gasteiger partial charge in [-0.15, -0.1) is 10.2 Å². The Hall–Kier alpha value is -3.25. The number of hydrogen-bond donors (Lipinski definition) is 0.